The summed E-state index contributed by atoms with van der Waals surface area (Å²) in [4.78, 5) is 26.6. The zero-order valence-corrected chi connectivity index (χ0v) is 12.3. The van der Waals surface area contributed by atoms with Crippen LogP contribution >= 0.6 is 0 Å². The van der Waals surface area contributed by atoms with E-state index in [2.05, 4.69) is 15.5 Å². The molecule has 1 aromatic carbocycles. The highest BCUT2D eigenvalue weighted by molar-refractivity contribution is 5.88. The molecule has 2 aromatic rings. The summed E-state index contributed by atoms with van der Waals surface area (Å²) in [5.41, 5.74) is 0.219. The van der Waals surface area contributed by atoms with Gasteiger partial charge in [0.1, 0.15) is 5.82 Å². The summed E-state index contributed by atoms with van der Waals surface area (Å²) in [7, 11) is 0. The van der Waals surface area contributed by atoms with Crippen LogP contribution in [0.3, 0.4) is 0 Å². The number of carbonyl (C=O) groups is 1. The number of benzene rings is 1. The molecule has 7 nitrogen and oxygen atoms in total. The first kappa shape index (κ1) is 15.0. The summed E-state index contributed by atoms with van der Waals surface area (Å²) in [5.74, 6) is 0.0222. The molecule has 0 bridgehead atoms. The van der Waals surface area contributed by atoms with E-state index in [1.807, 2.05) is 4.90 Å². The predicted octanol–water partition coefficient (Wildman–Crippen LogP) is 1.26. The monoisotopic (exact) mass is 317 g/mol. The van der Waals surface area contributed by atoms with Gasteiger partial charge in [-0.15, -0.1) is 0 Å². The van der Waals surface area contributed by atoms with Crippen molar-refractivity contribution in [2.24, 2.45) is 0 Å². The van der Waals surface area contributed by atoms with E-state index in [9.17, 15) is 14.0 Å². The number of hydrogen-bond donors (Lipinski definition) is 2. The van der Waals surface area contributed by atoms with Crippen LogP contribution in [0.2, 0.25) is 0 Å². The molecule has 1 fully saturated rings. The van der Waals surface area contributed by atoms with Crippen LogP contribution in [0, 0.1) is 5.82 Å². The van der Waals surface area contributed by atoms with Crippen LogP contribution in [0.1, 0.15) is 0 Å². The molecule has 2 amide bonds. The molecular formula is C15H16FN5O2. The second-order valence-corrected chi connectivity index (χ2v) is 5.16. The molecule has 3 rings (SSSR count). The van der Waals surface area contributed by atoms with Crippen LogP contribution in [0.25, 0.3) is 0 Å². The molecule has 0 atom stereocenters. The number of amides is 2. The number of anilines is 2. The van der Waals surface area contributed by atoms with Gasteiger partial charge in [-0.25, -0.2) is 14.3 Å². The predicted molar refractivity (Wildman–Crippen MR) is 84.1 cm³/mol. The fourth-order valence-electron chi connectivity index (χ4n) is 2.46. The van der Waals surface area contributed by atoms with Gasteiger partial charge in [0, 0.05) is 32.2 Å². The lowest BCUT2D eigenvalue weighted by Crippen LogP contribution is -2.50. The summed E-state index contributed by atoms with van der Waals surface area (Å²) in [5, 5.41) is 8.60. The number of urea groups is 1. The summed E-state index contributed by atoms with van der Waals surface area (Å²) >= 11 is 0. The van der Waals surface area contributed by atoms with E-state index in [0.29, 0.717) is 31.9 Å². The van der Waals surface area contributed by atoms with E-state index in [0.717, 1.165) is 0 Å². The van der Waals surface area contributed by atoms with Crippen molar-refractivity contribution in [2.75, 3.05) is 36.4 Å². The number of halogens is 1. The molecule has 0 saturated carbocycles. The highest BCUT2D eigenvalue weighted by Gasteiger charge is 2.22. The van der Waals surface area contributed by atoms with E-state index in [4.69, 9.17) is 0 Å². The fourth-order valence-corrected chi connectivity index (χ4v) is 2.46. The zero-order valence-electron chi connectivity index (χ0n) is 12.3. The van der Waals surface area contributed by atoms with E-state index in [-0.39, 0.29) is 23.2 Å². The van der Waals surface area contributed by atoms with E-state index < -0.39 is 0 Å². The zero-order chi connectivity index (χ0) is 16.2. The lowest BCUT2D eigenvalue weighted by atomic mass is 10.2. The second kappa shape index (κ2) is 6.47. The molecule has 120 valence electrons. The van der Waals surface area contributed by atoms with Crippen LogP contribution in [0.15, 0.2) is 41.2 Å². The molecule has 1 saturated heterocycles. The Morgan fingerprint density at radius 3 is 2.52 bits per heavy atom. The van der Waals surface area contributed by atoms with E-state index >= 15 is 0 Å². The summed E-state index contributed by atoms with van der Waals surface area (Å²) in [6, 6.07) is 9.04. The minimum absolute atomic E-state index is 0.261. The van der Waals surface area contributed by atoms with E-state index in [1.165, 1.54) is 18.2 Å². The molecule has 1 aliphatic heterocycles. The number of H-pyrrole nitrogens is 1. The highest BCUT2D eigenvalue weighted by Crippen LogP contribution is 2.20. The van der Waals surface area contributed by atoms with Gasteiger partial charge in [-0.1, -0.05) is 12.1 Å². The molecule has 0 aliphatic carbocycles. The minimum Gasteiger partial charge on any atom is -0.366 e. The van der Waals surface area contributed by atoms with Gasteiger partial charge >= 0.3 is 6.03 Å². The Morgan fingerprint density at radius 2 is 1.87 bits per heavy atom. The quantitative estimate of drug-likeness (QED) is 0.874. The van der Waals surface area contributed by atoms with Crippen LogP contribution < -0.4 is 15.8 Å². The van der Waals surface area contributed by atoms with Crippen LogP contribution in [0.5, 0.6) is 0 Å². The number of para-hydroxylation sites is 1. The number of nitrogens with zero attached hydrogens (tertiary/aromatic N) is 3. The smallest absolute Gasteiger partial charge is 0.323 e. The standard InChI is InChI=1S/C15H16FN5O2/c16-11-3-1-2-4-12(11)20-7-9-21(10-8-20)15(23)17-13-5-6-14(22)19-18-13/h1-6H,7-10H2,(H,19,22)(H,17,18,23). The van der Waals surface area contributed by atoms with Gasteiger partial charge in [-0.05, 0) is 18.2 Å². The van der Waals surface area contributed by atoms with Gasteiger partial charge in [-0.3, -0.25) is 10.1 Å². The van der Waals surface area contributed by atoms with Crippen molar-refractivity contribution in [2.45, 2.75) is 0 Å². The Hall–Kier alpha value is -2.90. The lowest BCUT2D eigenvalue weighted by molar-refractivity contribution is 0.208. The van der Waals surface area contributed by atoms with Crippen LogP contribution in [-0.2, 0) is 0 Å². The maximum Gasteiger partial charge on any atom is 0.323 e. The molecule has 0 unspecified atom stereocenters. The minimum atomic E-state index is -0.332. The van der Waals surface area contributed by atoms with Gasteiger partial charge in [-0.2, -0.15) is 5.10 Å². The highest BCUT2D eigenvalue weighted by atomic mass is 19.1. The summed E-state index contributed by atoms with van der Waals surface area (Å²) in [6.45, 7) is 2.05. The van der Waals surface area contributed by atoms with Gasteiger partial charge in [0.15, 0.2) is 5.82 Å². The fraction of sp³-hybridized carbons (Fsp3) is 0.267. The van der Waals surface area contributed by atoms with Crippen molar-refractivity contribution in [3.05, 3.63) is 52.6 Å². The third kappa shape index (κ3) is 3.47. The molecule has 1 aromatic heterocycles. The van der Waals surface area contributed by atoms with Crippen LogP contribution in [-0.4, -0.2) is 47.3 Å². The number of aromatic amines is 1. The molecule has 2 N–H and O–H groups in total. The van der Waals surface area contributed by atoms with Crippen molar-refractivity contribution < 1.29 is 9.18 Å². The molecule has 1 aliphatic rings. The van der Waals surface area contributed by atoms with Gasteiger partial charge < -0.3 is 9.80 Å². The molecule has 2 heterocycles. The SMILES string of the molecule is O=C(Nc1ccc(=O)[nH]n1)N1CCN(c2ccccc2F)CC1. The van der Waals surface area contributed by atoms with Gasteiger partial charge in [0.05, 0.1) is 5.69 Å². The average molecular weight is 317 g/mol. The molecular weight excluding hydrogens is 301 g/mol. The maximum atomic E-state index is 13.8. The first-order valence-corrected chi connectivity index (χ1v) is 7.24. The topological polar surface area (TPSA) is 81.3 Å². The van der Waals surface area contributed by atoms with Gasteiger partial charge in [0.2, 0.25) is 0 Å². The Kier molecular flexibility index (Phi) is 4.22. The average Bonchev–Trinajstić information content (AvgIpc) is 2.57. The van der Waals surface area contributed by atoms with Crippen LogP contribution in [0.4, 0.5) is 20.7 Å². The number of hydrogen-bond acceptors (Lipinski definition) is 4. The first-order chi connectivity index (χ1) is 11.1. The number of carbonyl (C=O) groups excluding carboxylic acids is 1. The van der Waals surface area contributed by atoms with Gasteiger partial charge in [0.25, 0.3) is 5.56 Å². The van der Waals surface area contributed by atoms with Crippen molar-refractivity contribution in [1.29, 1.82) is 0 Å². The molecule has 0 spiro atoms. The first-order valence-electron chi connectivity index (χ1n) is 7.24. The van der Waals surface area contributed by atoms with E-state index in [1.54, 1.807) is 23.1 Å². The Bertz CT molecular complexity index is 735. The Morgan fingerprint density at radius 1 is 1.13 bits per heavy atom. The molecule has 8 heteroatoms. The Balaban J connectivity index is 1.58. The third-order valence-electron chi connectivity index (χ3n) is 3.67. The largest absolute Gasteiger partial charge is 0.366 e. The third-order valence-corrected chi connectivity index (χ3v) is 3.67. The summed E-state index contributed by atoms with van der Waals surface area (Å²) < 4.78 is 13.8. The number of piperazine rings is 1. The number of nitrogens with one attached hydrogen (secondary N) is 2. The molecule has 23 heavy (non-hydrogen) atoms. The van der Waals surface area contributed by atoms with Crippen molar-refractivity contribution in [1.82, 2.24) is 15.1 Å². The number of aromatic nitrogens is 2. The van der Waals surface area contributed by atoms with Crippen molar-refractivity contribution in [3.8, 4) is 0 Å². The normalized spacial score (nSPS) is 14.7. The van der Waals surface area contributed by atoms with Crippen molar-refractivity contribution >= 4 is 17.5 Å². The van der Waals surface area contributed by atoms with Crippen molar-refractivity contribution in [3.63, 3.8) is 0 Å². The Labute approximate surface area is 131 Å². The second-order valence-electron chi connectivity index (χ2n) is 5.16. The summed E-state index contributed by atoms with van der Waals surface area (Å²) in [6.07, 6.45) is 0. The maximum absolute atomic E-state index is 13.8. The lowest BCUT2D eigenvalue weighted by Gasteiger charge is -2.36. The molecule has 0 radical (unpaired) electrons. The number of rotatable bonds is 2.